The Bertz CT molecular complexity index is 434. The predicted octanol–water partition coefficient (Wildman–Crippen LogP) is 5.21. The van der Waals surface area contributed by atoms with E-state index in [-0.39, 0.29) is 29.3 Å². The molecule has 122 valence electrons. The Kier molecular flexibility index (Phi) is 6.78. The number of rotatable bonds is 3. The smallest absolute Gasteiger partial charge is 0.123 e. The molecule has 0 spiro atoms. The molecule has 0 heterocycles. The summed E-state index contributed by atoms with van der Waals surface area (Å²) >= 11 is 0. The zero-order valence-corrected chi connectivity index (χ0v) is 15.4. The highest BCUT2D eigenvalue weighted by Gasteiger charge is 2.27. The van der Waals surface area contributed by atoms with Crippen molar-refractivity contribution in [3.63, 3.8) is 0 Å². The minimum Gasteiger partial charge on any atom is -0.507 e. The molecule has 0 aliphatic rings. The maximum absolute atomic E-state index is 10.7. The predicted molar refractivity (Wildman–Crippen MR) is 94.6 cm³/mol. The van der Waals surface area contributed by atoms with E-state index in [1.807, 2.05) is 0 Å². The van der Waals surface area contributed by atoms with E-state index in [2.05, 4.69) is 60.6 Å². The maximum Gasteiger partial charge on any atom is 0.123 e. The number of hydrogen-bond donors (Lipinski definition) is 2. The van der Waals surface area contributed by atoms with Crippen LogP contribution in [0.2, 0.25) is 0 Å². The molecule has 0 radical (unpaired) electrons. The van der Waals surface area contributed by atoms with Gasteiger partial charge in [0.25, 0.3) is 0 Å². The molecule has 1 aromatic carbocycles. The highest BCUT2D eigenvalue weighted by Crippen LogP contribution is 2.40. The van der Waals surface area contributed by atoms with E-state index in [1.165, 1.54) is 0 Å². The van der Waals surface area contributed by atoms with Gasteiger partial charge in [-0.15, -0.1) is 12.4 Å². The Hall–Kier alpha value is -0.730. The number of phenolic OH excluding ortho intramolecular Hbond substituents is 1. The van der Waals surface area contributed by atoms with E-state index in [9.17, 15) is 5.11 Å². The first-order chi connectivity index (χ1) is 8.98. The summed E-state index contributed by atoms with van der Waals surface area (Å²) in [6.07, 6.45) is 2.04. The third-order valence-corrected chi connectivity index (χ3v) is 3.78. The van der Waals surface area contributed by atoms with E-state index in [0.717, 1.165) is 29.5 Å². The van der Waals surface area contributed by atoms with Crippen molar-refractivity contribution >= 4 is 12.4 Å². The first kappa shape index (κ1) is 20.3. The monoisotopic (exact) mass is 313 g/mol. The molecule has 0 saturated heterocycles. The molecular formula is C18H32ClNO. The van der Waals surface area contributed by atoms with Crippen LogP contribution in [-0.4, -0.2) is 5.11 Å². The number of nitrogens with two attached hydrogens (primary N) is 1. The van der Waals surface area contributed by atoms with Crippen LogP contribution in [0.3, 0.4) is 0 Å². The summed E-state index contributed by atoms with van der Waals surface area (Å²) in [5, 5.41) is 10.7. The van der Waals surface area contributed by atoms with E-state index >= 15 is 0 Å². The van der Waals surface area contributed by atoms with Crippen LogP contribution < -0.4 is 5.73 Å². The number of aromatic hydroxyl groups is 1. The van der Waals surface area contributed by atoms with Crippen LogP contribution in [-0.2, 0) is 10.8 Å². The molecule has 0 saturated carbocycles. The van der Waals surface area contributed by atoms with Gasteiger partial charge in [-0.1, -0.05) is 67.0 Å². The van der Waals surface area contributed by atoms with Crippen molar-refractivity contribution in [3.05, 3.63) is 28.8 Å². The quantitative estimate of drug-likeness (QED) is 0.804. The second-order valence-corrected chi connectivity index (χ2v) is 7.86. The fourth-order valence-electron chi connectivity index (χ4n) is 2.49. The van der Waals surface area contributed by atoms with Gasteiger partial charge < -0.3 is 10.8 Å². The minimum atomic E-state index is -0.0912. The van der Waals surface area contributed by atoms with Gasteiger partial charge in [0.1, 0.15) is 5.75 Å². The molecule has 0 aliphatic heterocycles. The second kappa shape index (κ2) is 7.02. The van der Waals surface area contributed by atoms with Gasteiger partial charge in [-0.2, -0.15) is 0 Å². The highest BCUT2D eigenvalue weighted by atomic mass is 35.5. The third kappa shape index (κ3) is 4.89. The Morgan fingerprint density at radius 2 is 1.38 bits per heavy atom. The molecule has 1 rings (SSSR count). The van der Waals surface area contributed by atoms with Gasteiger partial charge >= 0.3 is 0 Å². The molecule has 0 unspecified atom stereocenters. The van der Waals surface area contributed by atoms with Gasteiger partial charge in [0.15, 0.2) is 0 Å². The van der Waals surface area contributed by atoms with Crippen molar-refractivity contribution in [2.45, 2.75) is 78.2 Å². The summed E-state index contributed by atoms with van der Waals surface area (Å²) in [6.45, 7) is 14.9. The van der Waals surface area contributed by atoms with Gasteiger partial charge in [-0.05, 0) is 33.9 Å². The Morgan fingerprint density at radius 3 is 1.67 bits per heavy atom. The lowest BCUT2D eigenvalue weighted by molar-refractivity contribution is 0.422. The van der Waals surface area contributed by atoms with Gasteiger partial charge in [-0.3, -0.25) is 0 Å². The van der Waals surface area contributed by atoms with Crippen molar-refractivity contribution in [1.82, 2.24) is 0 Å². The normalized spacial score (nSPS) is 13.7. The van der Waals surface area contributed by atoms with Gasteiger partial charge in [0.05, 0.1) is 0 Å². The average Bonchev–Trinajstić information content (AvgIpc) is 2.26. The zero-order valence-electron chi connectivity index (χ0n) is 14.6. The van der Waals surface area contributed by atoms with Gasteiger partial charge in [0.2, 0.25) is 0 Å². The largest absolute Gasteiger partial charge is 0.507 e. The fourth-order valence-corrected chi connectivity index (χ4v) is 2.49. The van der Waals surface area contributed by atoms with E-state index in [1.54, 1.807) is 0 Å². The summed E-state index contributed by atoms with van der Waals surface area (Å²) in [4.78, 5) is 0. The molecule has 0 aliphatic carbocycles. The summed E-state index contributed by atoms with van der Waals surface area (Å²) < 4.78 is 0. The lowest BCUT2D eigenvalue weighted by atomic mass is 9.77. The molecule has 3 heteroatoms. The van der Waals surface area contributed by atoms with Crippen molar-refractivity contribution in [3.8, 4) is 5.75 Å². The highest BCUT2D eigenvalue weighted by molar-refractivity contribution is 5.85. The van der Waals surface area contributed by atoms with Crippen LogP contribution in [0.5, 0.6) is 5.75 Å². The Labute approximate surface area is 136 Å². The Morgan fingerprint density at radius 1 is 1.00 bits per heavy atom. The van der Waals surface area contributed by atoms with Crippen LogP contribution in [0.4, 0.5) is 0 Å². The second-order valence-electron chi connectivity index (χ2n) is 7.86. The SMILES string of the molecule is CCC[C@@H](N)c1cc(C(C)(C)C)c(O)c(C(C)(C)C)c1.Cl. The molecule has 0 bridgehead atoms. The Balaban J connectivity index is 0.00000400. The van der Waals surface area contributed by atoms with Crippen molar-refractivity contribution in [1.29, 1.82) is 0 Å². The lowest BCUT2D eigenvalue weighted by Gasteiger charge is -2.29. The average molecular weight is 314 g/mol. The lowest BCUT2D eigenvalue weighted by Crippen LogP contribution is -2.20. The van der Waals surface area contributed by atoms with Crippen LogP contribution in [0.1, 0.15) is 84.0 Å². The first-order valence-electron chi connectivity index (χ1n) is 7.62. The number of halogens is 1. The van der Waals surface area contributed by atoms with Crippen LogP contribution in [0, 0.1) is 0 Å². The van der Waals surface area contributed by atoms with Crippen molar-refractivity contribution in [2.75, 3.05) is 0 Å². The summed E-state index contributed by atoms with van der Waals surface area (Å²) in [7, 11) is 0. The van der Waals surface area contributed by atoms with Gasteiger partial charge in [-0.25, -0.2) is 0 Å². The maximum atomic E-state index is 10.7. The summed E-state index contributed by atoms with van der Waals surface area (Å²) in [5.41, 5.74) is 9.24. The molecule has 0 aromatic heterocycles. The minimum absolute atomic E-state index is 0. The third-order valence-electron chi connectivity index (χ3n) is 3.78. The van der Waals surface area contributed by atoms with E-state index < -0.39 is 0 Å². The molecule has 0 fully saturated rings. The van der Waals surface area contributed by atoms with Crippen LogP contribution in [0.15, 0.2) is 12.1 Å². The molecule has 3 N–H and O–H groups in total. The standard InChI is InChI=1S/C18H31NO.ClH/c1-8-9-15(19)12-10-13(17(2,3)4)16(20)14(11-12)18(5,6)7;/h10-11,15,20H,8-9,19H2,1-7H3;1H/t15-;/m1./s1. The molecule has 1 aromatic rings. The van der Waals surface area contributed by atoms with Crippen molar-refractivity contribution < 1.29 is 5.11 Å². The van der Waals surface area contributed by atoms with Crippen LogP contribution >= 0.6 is 12.4 Å². The van der Waals surface area contributed by atoms with Gasteiger partial charge in [0, 0.05) is 6.04 Å². The summed E-state index contributed by atoms with van der Waals surface area (Å²) in [5.74, 6) is 0.428. The topological polar surface area (TPSA) is 46.2 Å². The molecule has 0 amide bonds. The van der Waals surface area contributed by atoms with Crippen LogP contribution in [0.25, 0.3) is 0 Å². The van der Waals surface area contributed by atoms with Crippen molar-refractivity contribution in [2.24, 2.45) is 5.73 Å². The first-order valence-corrected chi connectivity index (χ1v) is 7.62. The fraction of sp³-hybridized carbons (Fsp3) is 0.667. The summed E-state index contributed by atoms with van der Waals surface area (Å²) in [6, 6.07) is 4.22. The molecular weight excluding hydrogens is 282 g/mol. The zero-order chi connectivity index (χ0) is 15.7. The molecule has 1 atom stereocenters. The molecule has 2 nitrogen and oxygen atoms in total. The number of hydrogen-bond acceptors (Lipinski definition) is 2. The molecule has 21 heavy (non-hydrogen) atoms. The number of phenols is 1. The van der Waals surface area contributed by atoms with E-state index in [0.29, 0.717) is 5.75 Å². The van der Waals surface area contributed by atoms with E-state index in [4.69, 9.17) is 5.73 Å². The number of benzene rings is 1.